The highest BCUT2D eigenvalue weighted by atomic mass is 32.1. The zero-order chi connectivity index (χ0) is 12.8. The third-order valence-electron chi connectivity index (χ3n) is 3.37. The van der Waals surface area contributed by atoms with Crippen LogP contribution in [0, 0.1) is 5.92 Å². The number of nitrogens with one attached hydrogen (secondary N) is 1. The minimum Gasteiger partial charge on any atom is -0.317 e. The fourth-order valence-electron chi connectivity index (χ4n) is 2.32. The fourth-order valence-corrected chi connectivity index (χ4v) is 3.29. The molecule has 0 amide bonds. The third kappa shape index (κ3) is 3.56. The molecule has 0 saturated heterocycles. The maximum absolute atomic E-state index is 3.49. The van der Waals surface area contributed by atoms with E-state index >= 15 is 0 Å². The van der Waals surface area contributed by atoms with Gasteiger partial charge in [0.25, 0.3) is 0 Å². The largest absolute Gasteiger partial charge is 0.317 e. The molecule has 1 atom stereocenters. The van der Waals surface area contributed by atoms with Crippen LogP contribution in [0.5, 0.6) is 0 Å². The summed E-state index contributed by atoms with van der Waals surface area (Å²) < 4.78 is 1.42. The van der Waals surface area contributed by atoms with E-state index in [0.717, 1.165) is 19.0 Å². The minimum absolute atomic E-state index is 0.757. The highest BCUT2D eigenvalue weighted by Crippen LogP contribution is 2.27. The molecule has 1 aromatic carbocycles. The van der Waals surface area contributed by atoms with E-state index in [0.29, 0.717) is 0 Å². The molecule has 0 bridgehead atoms. The van der Waals surface area contributed by atoms with E-state index in [1.807, 2.05) is 11.3 Å². The number of thiophene rings is 1. The SMILES string of the molecule is CCCNCCC(C)Cc1csc2ccccc12. The Bertz CT molecular complexity index is 475. The van der Waals surface area contributed by atoms with Crippen LogP contribution in [0.4, 0.5) is 0 Å². The summed E-state index contributed by atoms with van der Waals surface area (Å²) in [5, 5.41) is 7.27. The normalized spacial score (nSPS) is 13.0. The van der Waals surface area contributed by atoms with Crippen molar-refractivity contribution in [2.75, 3.05) is 13.1 Å². The molecule has 0 saturated carbocycles. The monoisotopic (exact) mass is 261 g/mol. The molecule has 0 aliphatic carbocycles. The van der Waals surface area contributed by atoms with Gasteiger partial charge >= 0.3 is 0 Å². The van der Waals surface area contributed by atoms with Crippen molar-refractivity contribution in [3.05, 3.63) is 35.2 Å². The molecule has 18 heavy (non-hydrogen) atoms. The zero-order valence-corrected chi connectivity index (χ0v) is 12.2. The topological polar surface area (TPSA) is 12.0 Å². The fraction of sp³-hybridized carbons (Fsp3) is 0.500. The summed E-state index contributed by atoms with van der Waals surface area (Å²) in [4.78, 5) is 0. The second-order valence-corrected chi connectivity index (χ2v) is 6.02. The summed E-state index contributed by atoms with van der Waals surface area (Å²) in [5.41, 5.74) is 1.53. The van der Waals surface area contributed by atoms with E-state index in [1.54, 1.807) is 0 Å². The average Bonchev–Trinajstić information content (AvgIpc) is 2.78. The molecular formula is C16H23NS. The number of fused-ring (bicyclic) bond motifs is 1. The standard InChI is InChI=1S/C16H23NS/c1-3-9-17-10-8-13(2)11-14-12-18-16-7-5-4-6-15(14)16/h4-7,12-13,17H,3,8-11H2,1-2H3. The van der Waals surface area contributed by atoms with Crippen LogP contribution in [-0.4, -0.2) is 13.1 Å². The summed E-state index contributed by atoms with van der Waals surface area (Å²) in [6.07, 6.45) is 3.70. The maximum Gasteiger partial charge on any atom is 0.0345 e. The smallest absolute Gasteiger partial charge is 0.0345 e. The Morgan fingerprint density at radius 1 is 1.22 bits per heavy atom. The van der Waals surface area contributed by atoms with E-state index < -0.39 is 0 Å². The summed E-state index contributed by atoms with van der Waals surface area (Å²) in [7, 11) is 0. The van der Waals surface area contributed by atoms with Crippen molar-refractivity contribution in [3.8, 4) is 0 Å². The van der Waals surface area contributed by atoms with Crippen molar-refractivity contribution >= 4 is 21.4 Å². The van der Waals surface area contributed by atoms with E-state index in [1.165, 1.54) is 34.9 Å². The molecule has 0 spiro atoms. The Kier molecular flexibility index (Phi) is 5.21. The molecular weight excluding hydrogens is 238 g/mol. The van der Waals surface area contributed by atoms with Gasteiger partial charge < -0.3 is 5.32 Å². The average molecular weight is 261 g/mol. The van der Waals surface area contributed by atoms with Crippen LogP contribution in [0.3, 0.4) is 0 Å². The molecule has 1 aromatic heterocycles. The first-order chi connectivity index (χ1) is 8.81. The van der Waals surface area contributed by atoms with Crippen LogP contribution >= 0.6 is 11.3 Å². The van der Waals surface area contributed by atoms with Crippen LogP contribution in [0.25, 0.3) is 10.1 Å². The van der Waals surface area contributed by atoms with Crippen LogP contribution in [-0.2, 0) is 6.42 Å². The first-order valence-corrected chi connectivity index (χ1v) is 7.85. The van der Waals surface area contributed by atoms with Gasteiger partial charge in [-0.2, -0.15) is 0 Å². The van der Waals surface area contributed by atoms with Crippen molar-refractivity contribution in [1.82, 2.24) is 5.32 Å². The third-order valence-corrected chi connectivity index (χ3v) is 4.38. The summed E-state index contributed by atoms with van der Waals surface area (Å²) >= 11 is 1.87. The quantitative estimate of drug-likeness (QED) is 0.725. The lowest BCUT2D eigenvalue weighted by Crippen LogP contribution is -2.18. The van der Waals surface area contributed by atoms with Gasteiger partial charge in [0.2, 0.25) is 0 Å². The summed E-state index contributed by atoms with van der Waals surface area (Å²) in [5.74, 6) is 0.757. The van der Waals surface area contributed by atoms with Gasteiger partial charge in [0.15, 0.2) is 0 Å². The Hall–Kier alpha value is -0.860. The summed E-state index contributed by atoms with van der Waals surface area (Å²) in [6.45, 7) is 6.87. The first kappa shape index (κ1) is 13.6. The second-order valence-electron chi connectivity index (χ2n) is 5.11. The lowest BCUT2D eigenvalue weighted by atomic mass is 9.98. The Balaban J connectivity index is 1.88. The Morgan fingerprint density at radius 2 is 2.06 bits per heavy atom. The van der Waals surface area contributed by atoms with E-state index in [9.17, 15) is 0 Å². The lowest BCUT2D eigenvalue weighted by molar-refractivity contribution is 0.500. The van der Waals surface area contributed by atoms with Crippen molar-refractivity contribution in [3.63, 3.8) is 0 Å². The minimum atomic E-state index is 0.757. The van der Waals surface area contributed by atoms with Crippen LogP contribution in [0.1, 0.15) is 32.3 Å². The molecule has 0 fully saturated rings. The predicted molar refractivity (Wildman–Crippen MR) is 82.5 cm³/mol. The number of rotatable bonds is 7. The van der Waals surface area contributed by atoms with Crippen molar-refractivity contribution in [1.29, 1.82) is 0 Å². The molecule has 1 heterocycles. The molecule has 0 aliphatic heterocycles. The van der Waals surface area contributed by atoms with Gasteiger partial charge in [-0.15, -0.1) is 11.3 Å². The predicted octanol–water partition coefficient (Wildman–Crippen LogP) is 4.47. The highest BCUT2D eigenvalue weighted by molar-refractivity contribution is 7.17. The van der Waals surface area contributed by atoms with Crippen molar-refractivity contribution < 1.29 is 0 Å². The zero-order valence-electron chi connectivity index (χ0n) is 11.4. The van der Waals surface area contributed by atoms with Crippen LogP contribution < -0.4 is 5.32 Å². The van der Waals surface area contributed by atoms with Crippen molar-refractivity contribution in [2.24, 2.45) is 5.92 Å². The molecule has 1 N–H and O–H groups in total. The number of hydrogen-bond acceptors (Lipinski definition) is 2. The van der Waals surface area contributed by atoms with E-state index in [2.05, 4.69) is 48.8 Å². The molecule has 2 heteroatoms. The van der Waals surface area contributed by atoms with Gasteiger partial charge in [-0.3, -0.25) is 0 Å². The number of hydrogen-bond donors (Lipinski definition) is 1. The maximum atomic E-state index is 3.49. The molecule has 1 nitrogen and oxygen atoms in total. The molecule has 2 rings (SSSR count). The number of benzene rings is 1. The van der Waals surface area contributed by atoms with Crippen molar-refractivity contribution in [2.45, 2.75) is 33.1 Å². The summed E-state index contributed by atoms with van der Waals surface area (Å²) in [6, 6.07) is 8.74. The Morgan fingerprint density at radius 3 is 2.89 bits per heavy atom. The Labute approximate surface area is 114 Å². The molecule has 2 aromatic rings. The van der Waals surface area contributed by atoms with Gasteiger partial charge in [-0.05, 0) is 60.7 Å². The van der Waals surface area contributed by atoms with Crippen LogP contribution in [0.15, 0.2) is 29.6 Å². The molecule has 1 unspecified atom stereocenters. The van der Waals surface area contributed by atoms with E-state index in [-0.39, 0.29) is 0 Å². The molecule has 98 valence electrons. The molecule has 0 aliphatic rings. The highest BCUT2D eigenvalue weighted by Gasteiger charge is 2.08. The van der Waals surface area contributed by atoms with E-state index in [4.69, 9.17) is 0 Å². The van der Waals surface area contributed by atoms with Gasteiger partial charge in [-0.25, -0.2) is 0 Å². The van der Waals surface area contributed by atoms with Gasteiger partial charge in [0, 0.05) is 4.70 Å². The molecule has 0 radical (unpaired) electrons. The first-order valence-electron chi connectivity index (χ1n) is 6.97. The second kappa shape index (κ2) is 6.91. The van der Waals surface area contributed by atoms with Crippen LogP contribution in [0.2, 0.25) is 0 Å². The van der Waals surface area contributed by atoms with Gasteiger partial charge in [0.05, 0.1) is 0 Å². The lowest BCUT2D eigenvalue weighted by Gasteiger charge is -2.11. The van der Waals surface area contributed by atoms with Gasteiger partial charge in [-0.1, -0.05) is 32.0 Å². The van der Waals surface area contributed by atoms with Gasteiger partial charge in [0.1, 0.15) is 0 Å².